The summed E-state index contributed by atoms with van der Waals surface area (Å²) < 4.78 is 1.52. The highest BCUT2D eigenvalue weighted by atomic mass is 16.5. The number of carbonyl (C=O) groups excluding carboxylic acids is 2. The molecular weight excluding hydrogens is 300 g/mol. The van der Waals surface area contributed by atoms with Gasteiger partial charge in [0.1, 0.15) is 5.82 Å². The molecule has 0 spiro atoms. The van der Waals surface area contributed by atoms with Gasteiger partial charge in [-0.05, 0) is 11.6 Å². The number of anilines is 1. The lowest BCUT2D eigenvalue weighted by molar-refractivity contribution is -0.171. The summed E-state index contributed by atoms with van der Waals surface area (Å²) in [5.41, 5.74) is 6.14. The third kappa shape index (κ3) is 4.48. The molecule has 1 aliphatic heterocycles. The van der Waals surface area contributed by atoms with Gasteiger partial charge in [-0.1, -0.05) is 30.3 Å². The highest BCUT2D eigenvalue weighted by Gasteiger charge is 2.26. The first-order chi connectivity index (χ1) is 11.0. The van der Waals surface area contributed by atoms with Crippen LogP contribution in [0.5, 0.6) is 0 Å². The van der Waals surface area contributed by atoms with Crippen molar-refractivity contribution in [2.24, 2.45) is 0 Å². The summed E-state index contributed by atoms with van der Waals surface area (Å²) in [7, 11) is 0. The fourth-order valence-electron chi connectivity index (χ4n) is 1.91. The third-order valence-electron chi connectivity index (χ3n) is 3.12. The van der Waals surface area contributed by atoms with E-state index in [9.17, 15) is 14.4 Å². The molecule has 0 unspecified atom stereocenters. The second-order valence-electron chi connectivity index (χ2n) is 4.85. The predicted molar refractivity (Wildman–Crippen MR) is 81.3 cm³/mol. The molecule has 1 fully saturated rings. The van der Waals surface area contributed by atoms with E-state index in [0.29, 0.717) is 6.54 Å². The maximum absolute atomic E-state index is 11.4. The lowest BCUT2D eigenvalue weighted by Gasteiger charge is -2.04. The molecule has 1 aromatic heterocycles. The Morgan fingerprint density at radius 2 is 1.65 bits per heavy atom. The minimum Gasteiger partial charge on any atom is -0.383 e. The number of benzene rings is 1. The maximum atomic E-state index is 11.4. The van der Waals surface area contributed by atoms with Gasteiger partial charge in [-0.3, -0.25) is 19.4 Å². The SMILES string of the molecule is Nc1ccn(Cc2ccccc2)c(=O)n1.O=C1CCC(=O)N1O. The second kappa shape index (κ2) is 7.32. The molecule has 1 saturated heterocycles. The molecule has 8 heteroatoms. The lowest BCUT2D eigenvalue weighted by atomic mass is 10.2. The molecule has 2 heterocycles. The van der Waals surface area contributed by atoms with E-state index >= 15 is 0 Å². The van der Waals surface area contributed by atoms with Gasteiger partial charge in [0.05, 0.1) is 6.54 Å². The van der Waals surface area contributed by atoms with Crippen molar-refractivity contribution in [1.82, 2.24) is 14.6 Å². The van der Waals surface area contributed by atoms with Crippen LogP contribution in [0.3, 0.4) is 0 Å². The third-order valence-corrected chi connectivity index (χ3v) is 3.12. The second-order valence-corrected chi connectivity index (χ2v) is 4.85. The number of hydrogen-bond donors (Lipinski definition) is 2. The van der Waals surface area contributed by atoms with Crippen molar-refractivity contribution >= 4 is 17.6 Å². The van der Waals surface area contributed by atoms with Gasteiger partial charge in [-0.2, -0.15) is 10.0 Å². The van der Waals surface area contributed by atoms with E-state index in [2.05, 4.69) is 4.98 Å². The topological polar surface area (TPSA) is 119 Å². The van der Waals surface area contributed by atoms with Crippen molar-refractivity contribution in [3.8, 4) is 0 Å². The summed E-state index contributed by atoms with van der Waals surface area (Å²) in [6.45, 7) is 0.521. The standard InChI is InChI=1S/C11H11N3O.C4H5NO3/c12-10-6-7-14(11(15)13-10)8-9-4-2-1-3-5-9;6-3-1-2-4(7)5(3)8/h1-7H,8H2,(H2,12,13,15);8H,1-2H2. The molecule has 0 bridgehead atoms. The van der Waals surface area contributed by atoms with Gasteiger partial charge >= 0.3 is 5.69 Å². The van der Waals surface area contributed by atoms with E-state index in [1.807, 2.05) is 30.3 Å². The molecule has 3 rings (SSSR count). The van der Waals surface area contributed by atoms with Gasteiger partial charge in [-0.25, -0.2) is 4.79 Å². The Balaban J connectivity index is 0.000000203. The zero-order valence-electron chi connectivity index (χ0n) is 12.3. The smallest absolute Gasteiger partial charge is 0.349 e. The van der Waals surface area contributed by atoms with Gasteiger partial charge in [0.2, 0.25) is 0 Å². The summed E-state index contributed by atoms with van der Waals surface area (Å²) in [4.78, 5) is 35.6. The van der Waals surface area contributed by atoms with Crippen LogP contribution in [0.1, 0.15) is 18.4 Å². The first kappa shape index (κ1) is 16.4. The van der Waals surface area contributed by atoms with Crippen LogP contribution < -0.4 is 11.4 Å². The van der Waals surface area contributed by atoms with E-state index in [-0.39, 0.29) is 29.4 Å². The Labute approximate surface area is 131 Å². The van der Waals surface area contributed by atoms with E-state index in [4.69, 9.17) is 10.9 Å². The molecule has 120 valence electrons. The van der Waals surface area contributed by atoms with Crippen molar-refractivity contribution in [3.63, 3.8) is 0 Å². The number of nitrogens with two attached hydrogens (primary N) is 1. The Kier molecular flexibility index (Phi) is 5.21. The normalized spacial score (nSPS) is 13.7. The predicted octanol–water partition coefficient (Wildman–Crippen LogP) is 0.398. The van der Waals surface area contributed by atoms with Gasteiger partial charge in [-0.15, -0.1) is 0 Å². The molecule has 0 aliphatic carbocycles. The summed E-state index contributed by atoms with van der Waals surface area (Å²) in [5.74, 6) is -0.755. The van der Waals surface area contributed by atoms with Crippen LogP contribution in [0, 0.1) is 0 Å². The van der Waals surface area contributed by atoms with E-state index in [1.54, 1.807) is 12.3 Å². The van der Waals surface area contributed by atoms with Crippen LogP contribution in [0.25, 0.3) is 0 Å². The van der Waals surface area contributed by atoms with Crippen LogP contribution in [-0.2, 0) is 16.1 Å². The molecule has 1 aliphatic rings. The van der Waals surface area contributed by atoms with Gasteiger partial charge in [0.15, 0.2) is 0 Å². The molecule has 2 amide bonds. The number of nitrogens with zero attached hydrogens (tertiary/aromatic N) is 3. The van der Waals surface area contributed by atoms with Crippen LogP contribution in [0.15, 0.2) is 47.4 Å². The Morgan fingerprint density at radius 1 is 1.04 bits per heavy atom. The Morgan fingerprint density at radius 3 is 2.13 bits per heavy atom. The Hall–Kier alpha value is -3.00. The summed E-state index contributed by atoms with van der Waals surface area (Å²) in [5, 5.41) is 8.57. The molecule has 8 nitrogen and oxygen atoms in total. The highest BCUT2D eigenvalue weighted by Crippen LogP contribution is 2.07. The van der Waals surface area contributed by atoms with Gasteiger partial charge in [0.25, 0.3) is 11.8 Å². The highest BCUT2D eigenvalue weighted by molar-refractivity contribution is 6.00. The van der Waals surface area contributed by atoms with E-state index in [0.717, 1.165) is 5.56 Å². The van der Waals surface area contributed by atoms with E-state index in [1.165, 1.54) is 4.57 Å². The average molecular weight is 316 g/mol. The van der Waals surface area contributed by atoms with Crippen molar-refractivity contribution in [3.05, 3.63) is 58.6 Å². The Bertz CT molecular complexity index is 742. The fourth-order valence-corrected chi connectivity index (χ4v) is 1.91. The summed E-state index contributed by atoms with van der Waals surface area (Å²) >= 11 is 0. The van der Waals surface area contributed by atoms with Crippen molar-refractivity contribution < 1.29 is 14.8 Å². The molecule has 0 atom stereocenters. The number of aromatic nitrogens is 2. The molecular formula is C15H16N4O4. The first-order valence-corrected chi connectivity index (χ1v) is 6.89. The van der Waals surface area contributed by atoms with Crippen LogP contribution >= 0.6 is 0 Å². The van der Waals surface area contributed by atoms with E-state index < -0.39 is 11.8 Å². The number of rotatable bonds is 2. The first-order valence-electron chi connectivity index (χ1n) is 6.89. The minimum absolute atomic E-state index is 0.148. The minimum atomic E-state index is -0.505. The molecule has 3 N–H and O–H groups in total. The molecule has 0 saturated carbocycles. The molecule has 23 heavy (non-hydrogen) atoms. The maximum Gasteiger partial charge on any atom is 0.349 e. The van der Waals surface area contributed by atoms with Crippen LogP contribution in [-0.4, -0.2) is 31.6 Å². The largest absolute Gasteiger partial charge is 0.383 e. The number of carbonyl (C=O) groups is 2. The molecule has 1 aromatic carbocycles. The number of hydrogen-bond acceptors (Lipinski definition) is 6. The van der Waals surface area contributed by atoms with Crippen LogP contribution in [0.4, 0.5) is 5.82 Å². The zero-order valence-corrected chi connectivity index (χ0v) is 12.3. The lowest BCUT2D eigenvalue weighted by Crippen LogP contribution is -2.24. The zero-order chi connectivity index (χ0) is 16.8. The number of amides is 2. The molecule has 2 aromatic rings. The molecule has 0 radical (unpaired) electrons. The number of imide groups is 1. The van der Waals surface area contributed by atoms with Crippen molar-refractivity contribution in [1.29, 1.82) is 0 Å². The fraction of sp³-hybridized carbons (Fsp3) is 0.200. The monoisotopic (exact) mass is 316 g/mol. The summed E-state index contributed by atoms with van der Waals surface area (Å²) in [6.07, 6.45) is 1.95. The van der Waals surface area contributed by atoms with Crippen LogP contribution in [0.2, 0.25) is 0 Å². The van der Waals surface area contributed by atoms with Crippen molar-refractivity contribution in [2.45, 2.75) is 19.4 Å². The van der Waals surface area contributed by atoms with Gasteiger partial charge < -0.3 is 5.73 Å². The number of hydroxylamine groups is 2. The average Bonchev–Trinajstić information content (AvgIpc) is 2.83. The number of nitrogen functional groups attached to an aromatic ring is 1. The summed E-state index contributed by atoms with van der Waals surface area (Å²) in [6, 6.07) is 11.3. The van der Waals surface area contributed by atoms with Crippen molar-refractivity contribution in [2.75, 3.05) is 5.73 Å². The van der Waals surface area contributed by atoms with Gasteiger partial charge in [0, 0.05) is 19.0 Å². The quantitative estimate of drug-likeness (QED) is 0.611.